The molecule has 1 aromatic carbocycles. The van der Waals surface area contributed by atoms with Crippen LogP contribution < -0.4 is 0 Å². The second-order valence-electron chi connectivity index (χ2n) is 6.03. The molecule has 2 unspecified atom stereocenters. The molecule has 0 aliphatic carbocycles. The Kier molecular flexibility index (Phi) is 6.64. The normalized spacial score (nSPS) is 22.9. The molecule has 0 saturated carbocycles. The van der Waals surface area contributed by atoms with E-state index in [1.165, 1.54) is 5.56 Å². The zero-order valence-electron chi connectivity index (χ0n) is 13.2. The summed E-state index contributed by atoms with van der Waals surface area (Å²) in [5.41, 5.74) is 1.37. The molecule has 0 bridgehead atoms. The van der Waals surface area contributed by atoms with E-state index in [-0.39, 0.29) is 0 Å². The number of ether oxygens (including phenoxy) is 1. The number of β-amino-alcohol motifs (C(OH)–C–C–N with tert-alkyl or cyclic N) is 1. The van der Waals surface area contributed by atoms with Crippen LogP contribution in [-0.2, 0) is 11.3 Å². The largest absolute Gasteiger partial charge is 0.389 e. The number of methoxy groups -OCH3 is 1. The molecule has 1 aliphatic heterocycles. The number of nitrogens with zero attached hydrogens (tertiary/aromatic N) is 2. The Labute approximate surface area is 128 Å². The van der Waals surface area contributed by atoms with Crippen molar-refractivity contribution < 1.29 is 9.84 Å². The molecule has 1 aromatic rings. The molecule has 4 nitrogen and oxygen atoms in total. The zero-order valence-corrected chi connectivity index (χ0v) is 13.2. The summed E-state index contributed by atoms with van der Waals surface area (Å²) in [4.78, 5) is 4.90. The highest BCUT2D eigenvalue weighted by atomic mass is 16.5. The standard InChI is InChI=1S/C17H28N2O2/c1-15-11-18(12-16-7-4-3-5-8-16)9-6-10-19(15)13-17(20)14-21-2/h3-5,7-8,15,17,20H,6,9-14H2,1-2H3. The van der Waals surface area contributed by atoms with Crippen molar-refractivity contribution in [2.24, 2.45) is 0 Å². The van der Waals surface area contributed by atoms with E-state index in [0.29, 0.717) is 19.2 Å². The van der Waals surface area contributed by atoms with Gasteiger partial charge in [0.1, 0.15) is 0 Å². The Morgan fingerprint density at radius 3 is 2.76 bits per heavy atom. The van der Waals surface area contributed by atoms with Crippen LogP contribution in [0.25, 0.3) is 0 Å². The molecule has 0 amide bonds. The summed E-state index contributed by atoms with van der Waals surface area (Å²) in [7, 11) is 1.64. The fourth-order valence-electron chi connectivity index (χ4n) is 3.07. The lowest BCUT2D eigenvalue weighted by molar-refractivity contribution is 0.0287. The Morgan fingerprint density at radius 2 is 2.05 bits per heavy atom. The number of aliphatic hydroxyl groups excluding tert-OH is 1. The van der Waals surface area contributed by atoms with Crippen LogP contribution in [0.1, 0.15) is 18.9 Å². The third-order valence-corrected chi connectivity index (χ3v) is 4.12. The summed E-state index contributed by atoms with van der Waals surface area (Å²) in [6, 6.07) is 11.1. The summed E-state index contributed by atoms with van der Waals surface area (Å²) in [5.74, 6) is 0. The molecule has 1 N–H and O–H groups in total. The van der Waals surface area contributed by atoms with Crippen LogP contribution in [0, 0.1) is 0 Å². The van der Waals surface area contributed by atoms with E-state index in [9.17, 15) is 5.11 Å². The van der Waals surface area contributed by atoms with Crippen LogP contribution in [-0.4, -0.2) is 66.9 Å². The maximum Gasteiger partial charge on any atom is 0.0900 e. The van der Waals surface area contributed by atoms with Crippen LogP contribution in [0.5, 0.6) is 0 Å². The van der Waals surface area contributed by atoms with Crippen molar-refractivity contribution in [3.63, 3.8) is 0 Å². The number of hydrogen-bond donors (Lipinski definition) is 1. The zero-order chi connectivity index (χ0) is 15.1. The smallest absolute Gasteiger partial charge is 0.0900 e. The number of rotatable bonds is 6. The van der Waals surface area contributed by atoms with Gasteiger partial charge in [-0.3, -0.25) is 9.80 Å². The van der Waals surface area contributed by atoms with Gasteiger partial charge in [0.2, 0.25) is 0 Å². The Morgan fingerprint density at radius 1 is 1.29 bits per heavy atom. The van der Waals surface area contributed by atoms with Crippen molar-refractivity contribution in [1.82, 2.24) is 9.80 Å². The highest BCUT2D eigenvalue weighted by Crippen LogP contribution is 2.13. The fraction of sp³-hybridized carbons (Fsp3) is 0.647. The van der Waals surface area contributed by atoms with Crippen molar-refractivity contribution in [3.8, 4) is 0 Å². The molecule has 1 heterocycles. The molecule has 2 atom stereocenters. The third kappa shape index (κ3) is 5.40. The Hall–Kier alpha value is -0.940. The molecule has 1 saturated heterocycles. The molecule has 1 aliphatic rings. The minimum atomic E-state index is -0.391. The lowest BCUT2D eigenvalue weighted by Crippen LogP contribution is -2.43. The number of aliphatic hydroxyl groups is 1. The maximum atomic E-state index is 9.93. The SMILES string of the molecule is COCC(O)CN1CCCN(Cc2ccccc2)CC1C. The molecule has 21 heavy (non-hydrogen) atoms. The predicted octanol–water partition coefficient (Wildman–Crippen LogP) is 1.59. The first-order valence-corrected chi connectivity index (χ1v) is 7.86. The van der Waals surface area contributed by atoms with Gasteiger partial charge in [0.25, 0.3) is 0 Å². The summed E-state index contributed by atoms with van der Waals surface area (Å²) in [5, 5.41) is 9.93. The van der Waals surface area contributed by atoms with Gasteiger partial charge in [0, 0.05) is 32.8 Å². The first-order valence-electron chi connectivity index (χ1n) is 7.86. The lowest BCUT2D eigenvalue weighted by Gasteiger charge is -2.30. The van der Waals surface area contributed by atoms with Crippen LogP contribution in [0.4, 0.5) is 0 Å². The molecule has 4 heteroatoms. The minimum Gasteiger partial charge on any atom is -0.389 e. The molecular formula is C17H28N2O2. The maximum absolute atomic E-state index is 9.93. The van der Waals surface area contributed by atoms with Crippen molar-refractivity contribution in [2.45, 2.75) is 32.0 Å². The minimum absolute atomic E-state index is 0.391. The molecule has 0 aromatic heterocycles. The lowest BCUT2D eigenvalue weighted by atomic mass is 10.2. The van der Waals surface area contributed by atoms with Crippen molar-refractivity contribution in [3.05, 3.63) is 35.9 Å². The van der Waals surface area contributed by atoms with Gasteiger partial charge in [0.15, 0.2) is 0 Å². The van der Waals surface area contributed by atoms with Gasteiger partial charge in [-0.15, -0.1) is 0 Å². The first-order chi connectivity index (χ1) is 10.2. The highest BCUT2D eigenvalue weighted by Gasteiger charge is 2.23. The van der Waals surface area contributed by atoms with Gasteiger partial charge >= 0.3 is 0 Å². The second-order valence-corrected chi connectivity index (χ2v) is 6.03. The average Bonchev–Trinajstić information content (AvgIpc) is 2.62. The quantitative estimate of drug-likeness (QED) is 0.864. The van der Waals surface area contributed by atoms with Crippen LogP contribution in [0.15, 0.2) is 30.3 Å². The summed E-state index contributed by atoms with van der Waals surface area (Å²) in [6.07, 6.45) is 0.759. The van der Waals surface area contributed by atoms with Crippen molar-refractivity contribution in [2.75, 3.05) is 39.9 Å². The number of benzene rings is 1. The first kappa shape index (κ1) is 16.4. The molecule has 118 valence electrons. The highest BCUT2D eigenvalue weighted by molar-refractivity contribution is 5.14. The summed E-state index contributed by atoms with van der Waals surface area (Å²) in [6.45, 7) is 7.60. The van der Waals surface area contributed by atoms with Crippen LogP contribution in [0.3, 0.4) is 0 Å². The van der Waals surface area contributed by atoms with E-state index in [1.807, 2.05) is 0 Å². The molecule has 1 fully saturated rings. The van der Waals surface area contributed by atoms with E-state index in [1.54, 1.807) is 7.11 Å². The second kappa shape index (κ2) is 8.49. The average molecular weight is 292 g/mol. The van der Waals surface area contributed by atoms with Crippen molar-refractivity contribution in [1.29, 1.82) is 0 Å². The molecular weight excluding hydrogens is 264 g/mol. The third-order valence-electron chi connectivity index (χ3n) is 4.12. The molecule has 2 rings (SSSR count). The van der Waals surface area contributed by atoms with E-state index >= 15 is 0 Å². The van der Waals surface area contributed by atoms with Gasteiger partial charge in [0.05, 0.1) is 12.7 Å². The topological polar surface area (TPSA) is 35.9 Å². The summed E-state index contributed by atoms with van der Waals surface area (Å²) >= 11 is 0. The van der Waals surface area contributed by atoms with E-state index in [4.69, 9.17) is 4.74 Å². The number of hydrogen-bond acceptors (Lipinski definition) is 4. The van der Waals surface area contributed by atoms with Crippen LogP contribution >= 0.6 is 0 Å². The Balaban J connectivity index is 1.86. The predicted molar refractivity (Wildman–Crippen MR) is 85.3 cm³/mol. The summed E-state index contributed by atoms with van der Waals surface area (Å²) < 4.78 is 5.02. The van der Waals surface area contributed by atoms with Crippen LogP contribution in [0.2, 0.25) is 0 Å². The van der Waals surface area contributed by atoms with E-state index in [0.717, 1.165) is 32.6 Å². The monoisotopic (exact) mass is 292 g/mol. The van der Waals surface area contributed by atoms with Gasteiger partial charge in [-0.05, 0) is 32.0 Å². The molecule has 0 spiro atoms. The van der Waals surface area contributed by atoms with Gasteiger partial charge < -0.3 is 9.84 Å². The van der Waals surface area contributed by atoms with Gasteiger partial charge in [-0.2, -0.15) is 0 Å². The van der Waals surface area contributed by atoms with Crippen molar-refractivity contribution >= 4 is 0 Å². The van der Waals surface area contributed by atoms with Gasteiger partial charge in [-0.1, -0.05) is 30.3 Å². The van der Waals surface area contributed by atoms with E-state index in [2.05, 4.69) is 47.1 Å². The van der Waals surface area contributed by atoms with Gasteiger partial charge in [-0.25, -0.2) is 0 Å². The fourth-order valence-corrected chi connectivity index (χ4v) is 3.07. The molecule has 0 radical (unpaired) electrons. The van der Waals surface area contributed by atoms with E-state index < -0.39 is 6.10 Å². The Bertz CT molecular complexity index is 399.